The molecule has 0 aromatic heterocycles. The largest absolute Gasteiger partial charge is 0.384 e. The normalized spacial score (nSPS) is 18.1. The van der Waals surface area contributed by atoms with Gasteiger partial charge >= 0.3 is 0 Å². The topological polar surface area (TPSA) is 35.8 Å². The molecule has 0 heterocycles. The Morgan fingerprint density at radius 3 is 2.67 bits per heavy atom. The molecule has 0 aliphatic heterocycles. The summed E-state index contributed by atoms with van der Waals surface area (Å²) in [4.78, 5) is 0. The van der Waals surface area contributed by atoms with Crippen LogP contribution < -0.4 is 5.32 Å². The van der Waals surface area contributed by atoms with Gasteiger partial charge in [0.2, 0.25) is 0 Å². The van der Waals surface area contributed by atoms with Crippen LogP contribution in [0.25, 0.3) is 0 Å². The van der Waals surface area contributed by atoms with Gasteiger partial charge in [0, 0.05) is 16.7 Å². The molecule has 0 unspecified atom stereocenters. The zero-order valence-electron chi connectivity index (χ0n) is 10.8. The molecule has 1 aliphatic carbocycles. The minimum Gasteiger partial charge on any atom is -0.384 e. The number of benzene rings is 1. The Hall–Kier alpha value is -1.01. The van der Waals surface area contributed by atoms with Crippen LogP contribution in [0.15, 0.2) is 22.7 Å². The first-order chi connectivity index (χ1) is 8.63. The third kappa shape index (κ3) is 3.26. The van der Waals surface area contributed by atoms with Crippen LogP contribution >= 0.6 is 15.9 Å². The third-order valence-corrected chi connectivity index (χ3v) is 4.52. The van der Waals surface area contributed by atoms with E-state index in [1.54, 1.807) is 0 Å². The lowest BCUT2D eigenvalue weighted by atomic mass is 9.76. The monoisotopic (exact) mass is 306 g/mol. The fourth-order valence-corrected chi connectivity index (χ4v) is 3.14. The average Bonchev–Trinajstić information content (AvgIpc) is 2.38. The van der Waals surface area contributed by atoms with Crippen molar-refractivity contribution in [1.29, 1.82) is 5.26 Å². The third-order valence-electron chi connectivity index (χ3n) is 3.86. The molecular formula is C15H19BrN2. The molecule has 2 rings (SSSR count). The Kier molecular flexibility index (Phi) is 4.29. The lowest BCUT2D eigenvalue weighted by Crippen LogP contribution is -2.28. The Morgan fingerprint density at radius 2 is 2.06 bits per heavy atom. The van der Waals surface area contributed by atoms with Crippen molar-refractivity contribution in [2.75, 3.05) is 11.9 Å². The van der Waals surface area contributed by atoms with Crippen LogP contribution in [-0.2, 0) is 0 Å². The minimum absolute atomic E-state index is 0.422. The predicted molar refractivity (Wildman–Crippen MR) is 78.5 cm³/mol. The Balaban J connectivity index is 2.00. The van der Waals surface area contributed by atoms with Crippen molar-refractivity contribution in [2.45, 2.75) is 39.0 Å². The summed E-state index contributed by atoms with van der Waals surface area (Å²) in [6.45, 7) is 3.38. The van der Waals surface area contributed by atoms with Crippen molar-refractivity contribution in [1.82, 2.24) is 0 Å². The standard InChI is InChI=1S/C15H19BrN2/c1-15(7-3-2-4-8-15)11-18-14-6-5-12(10-17)9-13(14)16/h5-6,9,18H,2-4,7-8,11H2,1H3. The summed E-state index contributed by atoms with van der Waals surface area (Å²) >= 11 is 3.52. The highest BCUT2D eigenvalue weighted by atomic mass is 79.9. The van der Waals surface area contributed by atoms with Crippen LogP contribution in [0.1, 0.15) is 44.6 Å². The summed E-state index contributed by atoms with van der Waals surface area (Å²) in [6, 6.07) is 7.86. The smallest absolute Gasteiger partial charge is 0.0992 e. The van der Waals surface area contributed by atoms with E-state index in [-0.39, 0.29) is 0 Å². The van der Waals surface area contributed by atoms with Gasteiger partial charge in [-0.1, -0.05) is 26.2 Å². The summed E-state index contributed by atoms with van der Waals surface area (Å²) in [5, 5.41) is 12.4. The van der Waals surface area contributed by atoms with Crippen LogP contribution in [0.2, 0.25) is 0 Å². The van der Waals surface area contributed by atoms with Crippen LogP contribution in [0.5, 0.6) is 0 Å². The van der Waals surface area contributed by atoms with Crippen molar-refractivity contribution in [3.8, 4) is 6.07 Å². The summed E-state index contributed by atoms with van der Waals surface area (Å²) in [5.41, 5.74) is 2.20. The van der Waals surface area contributed by atoms with Crippen LogP contribution in [-0.4, -0.2) is 6.54 Å². The summed E-state index contributed by atoms with van der Waals surface area (Å²) in [6.07, 6.45) is 6.72. The summed E-state index contributed by atoms with van der Waals surface area (Å²) in [7, 11) is 0. The highest BCUT2D eigenvalue weighted by molar-refractivity contribution is 9.10. The zero-order valence-corrected chi connectivity index (χ0v) is 12.4. The van der Waals surface area contributed by atoms with Gasteiger partial charge < -0.3 is 5.32 Å². The van der Waals surface area contributed by atoms with E-state index < -0.39 is 0 Å². The van der Waals surface area contributed by atoms with Crippen molar-refractivity contribution >= 4 is 21.6 Å². The number of nitrogens with zero attached hydrogens (tertiary/aromatic N) is 1. The Bertz CT molecular complexity index is 456. The van der Waals surface area contributed by atoms with Gasteiger partial charge in [-0.05, 0) is 52.4 Å². The van der Waals surface area contributed by atoms with Gasteiger partial charge in [-0.3, -0.25) is 0 Å². The van der Waals surface area contributed by atoms with Gasteiger partial charge in [-0.25, -0.2) is 0 Å². The fraction of sp³-hybridized carbons (Fsp3) is 0.533. The van der Waals surface area contributed by atoms with Crippen LogP contribution in [0.3, 0.4) is 0 Å². The molecule has 0 atom stereocenters. The van der Waals surface area contributed by atoms with E-state index in [0.29, 0.717) is 11.0 Å². The number of anilines is 1. The lowest BCUT2D eigenvalue weighted by Gasteiger charge is -2.34. The molecule has 1 aromatic carbocycles. The van der Waals surface area contributed by atoms with Crippen molar-refractivity contribution in [2.24, 2.45) is 5.41 Å². The van der Waals surface area contributed by atoms with Crippen molar-refractivity contribution in [3.63, 3.8) is 0 Å². The summed E-state index contributed by atoms with van der Waals surface area (Å²) in [5.74, 6) is 0. The second-order valence-corrected chi connectivity index (χ2v) is 6.39. The maximum Gasteiger partial charge on any atom is 0.0992 e. The number of halogens is 1. The van der Waals surface area contributed by atoms with E-state index in [4.69, 9.17) is 5.26 Å². The molecule has 0 radical (unpaired) electrons. The van der Waals surface area contributed by atoms with Crippen LogP contribution in [0.4, 0.5) is 5.69 Å². The Labute approximate surface area is 118 Å². The Morgan fingerprint density at radius 1 is 1.33 bits per heavy atom. The second-order valence-electron chi connectivity index (χ2n) is 5.53. The molecule has 1 N–H and O–H groups in total. The molecule has 96 valence electrons. The van der Waals surface area contributed by atoms with Crippen LogP contribution in [0, 0.1) is 16.7 Å². The van der Waals surface area contributed by atoms with Gasteiger partial charge in [-0.15, -0.1) is 0 Å². The average molecular weight is 307 g/mol. The molecule has 18 heavy (non-hydrogen) atoms. The van der Waals surface area contributed by atoms with E-state index in [1.807, 2.05) is 18.2 Å². The van der Waals surface area contributed by atoms with Gasteiger partial charge in [0.1, 0.15) is 0 Å². The molecular weight excluding hydrogens is 288 g/mol. The van der Waals surface area contributed by atoms with E-state index in [0.717, 1.165) is 16.7 Å². The van der Waals surface area contributed by atoms with Gasteiger partial charge in [0.15, 0.2) is 0 Å². The van der Waals surface area contributed by atoms with E-state index in [9.17, 15) is 0 Å². The highest BCUT2D eigenvalue weighted by Crippen LogP contribution is 2.36. The predicted octanol–water partition coefficient (Wildman–Crippen LogP) is 4.70. The molecule has 0 amide bonds. The SMILES string of the molecule is CC1(CNc2ccc(C#N)cc2Br)CCCCC1. The first-order valence-corrected chi connectivity index (χ1v) is 7.36. The molecule has 1 saturated carbocycles. The number of rotatable bonds is 3. The first-order valence-electron chi connectivity index (χ1n) is 6.56. The van der Waals surface area contributed by atoms with Crippen molar-refractivity contribution < 1.29 is 0 Å². The molecule has 3 heteroatoms. The number of nitrogens with one attached hydrogen (secondary N) is 1. The highest BCUT2D eigenvalue weighted by Gasteiger charge is 2.26. The summed E-state index contributed by atoms with van der Waals surface area (Å²) < 4.78 is 0.973. The zero-order chi connectivity index (χ0) is 13.0. The lowest BCUT2D eigenvalue weighted by molar-refractivity contribution is 0.233. The van der Waals surface area contributed by atoms with Crippen molar-refractivity contribution in [3.05, 3.63) is 28.2 Å². The first kappa shape index (κ1) is 13.4. The molecule has 0 saturated heterocycles. The molecule has 0 spiro atoms. The molecule has 0 bridgehead atoms. The molecule has 1 aromatic rings. The minimum atomic E-state index is 0.422. The van der Waals surface area contributed by atoms with E-state index >= 15 is 0 Å². The number of hydrogen-bond donors (Lipinski definition) is 1. The molecule has 1 fully saturated rings. The molecule has 2 nitrogen and oxygen atoms in total. The van der Waals surface area contributed by atoms with Gasteiger partial charge in [0.05, 0.1) is 11.6 Å². The quantitative estimate of drug-likeness (QED) is 0.878. The maximum atomic E-state index is 8.84. The molecule has 1 aliphatic rings. The van der Waals surface area contributed by atoms with E-state index in [1.165, 1.54) is 32.1 Å². The van der Waals surface area contributed by atoms with E-state index in [2.05, 4.69) is 34.2 Å². The number of nitriles is 1. The fourth-order valence-electron chi connectivity index (χ4n) is 2.62. The van der Waals surface area contributed by atoms with Gasteiger partial charge in [0.25, 0.3) is 0 Å². The maximum absolute atomic E-state index is 8.84. The number of hydrogen-bond acceptors (Lipinski definition) is 2. The second kappa shape index (κ2) is 5.75. The van der Waals surface area contributed by atoms with Gasteiger partial charge in [-0.2, -0.15) is 5.26 Å².